The third kappa shape index (κ3) is 3.99. The number of fused-ring (bicyclic) bond motifs is 3. The Morgan fingerprint density at radius 3 is 2.10 bits per heavy atom. The number of hydrogen-bond donors (Lipinski definition) is 2. The molecule has 0 fully saturated rings. The third-order valence-corrected chi connectivity index (χ3v) is 5.95. The number of halogens is 1. The summed E-state index contributed by atoms with van der Waals surface area (Å²) in [5.41, 5.74) is 3.20. The van der Waals surface area contributed by atoms with Crippen molar-refractivity contribution in [3.05, 3.63) is 83.4 Å². The van der Waals surface area contributed by atoms with E-state index in [9.17, 15) is 21.9 Å². The normalized spacial score (nSPS) is 12.7. The number of carbonyl (C=O) groups is 2. The molecule has 1 aliphatic carbocycles. The van der Waals surface area contributed by atoms with Crippen molar-refractivity contribution in [2.75, 3.05) is 11.9 Å². The van der Waals surface area contributed by atoms with Gasteiger partial charge in [-0.05, 0) is 40.5 Å². The van der Waals surface area contributed by atoms with E-state index >= 15 is 0 Å². The molecule has 4 rings (SSSR count). The summed E-state index contributed by atoms with van der Waals surface area (Å²) in [6.45, 7) is -0.0454. The smallest absolute Gasteiger partial charge is 0.411 e. The number of amides is 1. The molecular weight excluding hydrogens is 425 g/mol. The van der Waals surface area contributed by atoms with Gasteiger partial charge in [0.05, 0.1) is 11.3 Å². The summed E-state index contributed by atoms with van der Waals surface area (Å²) in [5.74, 6) is -1.59. The quantitative estimate of drug-likeness (QED) is 0.568. The maximum Gasteiger partial charge on any atom is 0.411 e. The van der Waals surface area contributed by atoms with Crippen LogP contribution in [0.1, 0.15) is 27.4 Å². The summed E-state index contributed by atoms with van der Waals surface area (Å²) in [7, 11) is -5.20. The van der Waals surface area contributed by atoms with Crippen molar-refractivity contribution >= 4 is 28.0 Å². The SMILES string of the molecule is O=C(Nc1cc(C(=O)O)ccc1S(=O)(=O)F)OCC1c2ccccc2-c2ccccc21. The number of aromatic carboxylic acids is 1. The van der Waals surface area contributed by atoms with E-state index in [1.807, 2.05) is 48.5 Å². The maximum absolute atomic E-state index is 13.6. The molecule has 0 aromatic heterocycles. The second kappa shape index (κ2) is 7.84. The minimum atomic E-state index is -5.20. The zero-order chi connectivity index (χ0) is 22.2. The molecule has 0 aliphatic heterocycles. The number of hydrogen-bond acceptors (Lipinski definition) is 5. The Kier molecular flexibility index (Phi) is 5.20. The van der Waals surface area contributed by atoms with E-state index < -0.39 is 32.9 Å². The van der Waals surface area contributed by atoms with Crippen LogP contribution in [0.2, 0.25) is 0 Å². The topological polar surface area (TPSA) is 110 Å². The minimum Gasteiger partial charge on any atom is -0.478 e. The Balaban J connectivity index is 1.56. The Labute approximate surface area is 177 Å². The van der Waals surface area contributed by atoms with Crippen molar-refractivity contribution in [2.45, 2.75) is 10.8 Å². The fourth-order valence-electron chi connectivity index (χ4n) is 3.72. The molecule has 0 unspecified atom stereocenters. The van der Waals surface area contributed by atoms with Crippen LogP contribution in [-0.2, 0) is 15.0 Å². The summed E-state index contributed by atoms with van der Waals surface area (Å²) >= 11 is 0. The Morgan fingerprint density at radius 1 is 0.968 bits per heavy atom. The minimum absolute atomic E-state index is 0.0454. The van der Waals surface area contributed by atoms with Crippen LogP contribution in [-0.4, -0.2) is 32.2 Å². The number of anilines is 1. The van der Waals surface area contributed by atoms with Gasteiger partial charge < -0.3 is 9.84 Å². The van der Waals surface area contributed by atoms with Gasteiger partial charge in [0.15, 0.2) is 0 Å². The predicted molar refractivity (Wildman–Crippen MR) is 110 cm³/mol. The number of nitrogens with one attached hydrogen (secondary N) is 1. The molecule has 158 valence electrons. The summed E-state index contributed by atoms with van der Waals surface area (Å²) in [5, 5.41) is 11.2. The van der Waals surface area contributed by atoms with E-state index in [1.54, 1.807) is 0 Å². The molecular formula is C22H16FNO6S. The molecule has 0 heterocycles. The summed E-state index contributed by atoms with van der Waals surface area (Å²) < 4.78 is 41.6. The van der Waals surface area contributed by atoms with E-state index in [1.165, 1.54) is 0 Å². The Morgan fingerprint density at radius 2 is 1.55 bits per heavy atom. The second-order valence-electron chi connectivity index (χ2n) is 6.90. The first-order valence-electron chi connectivity index (χ1n) is 9.19. The monoisotopic (exact) mass is 441 g/mol. The molecule has 0 bridgehead atoms. The van der Waals surface area contributed by atoms with Crippen molar-refractivity contribution < 1.29 is 31.7 Å². The van der Waals surface area contributed by atoms with E-state index in [0.717, 1.165) is 40.5 Å². The lowest BCUT2D eigenvalue weighted by Gasteiger charge is -2.15. The highest BCUT2D eigenvalue weighted by Gasteiger charge is 2.29. The van der Waals surface area contributed by atoms with Gasteiger partial charge in [-0.2, -0.15) is 8.42 Å². The third-order valence-electron chi connectivity index (χ3n) is 5.07. The van der Waals surface area contributed by atoms with E-state index in [0.29, 0.717) is 0 Å². The predicted octanol–water partition coefficient (Wildman–Crippen LogP) is 4.40. The van der Waals surface area contributed by atoms with E-state index in [2.05, 4.69) is 5.32 Å². The van der Waals surface area contributed by atoms with E-state index in [-0.39, 0.29) is 18.1 Å². The van der Waals surface area contributed by atoms with Crippen LogP contribution >= 0.6 is 0 Å². The lowest BCUT2D eigenvalue weighted by Crippen LogP contribution is -2.19. The second-order valence-corrected chi connectivity index (χ2v) is 8.22. The molecule has 9 heteroatoms. The number of carboxylic acid groups (broad SMARTS) is 1. The van der Waals surface area contributed by atoms with Crippen LogP contribution in [0.15, 0.2) is 71.6 Å². The largest absolute Gasteiger partial charge is 0.478 e. The molecule has 31 heavy (non-hydrogen) atoms. The summed E-state index contributed by atoms with van der Waals surface area (Å²) in [4.78, 5) is 22.6. The number of benzene rings is 3. The molecule has 0 radical (unpaired) electrons. The summed E-state index contributed by atoms with van der Waals surface area (Å²) in [6, 6.07) is 18.0. The van der Waals surface area contributed by atoms with Gasteiger partial charge in [-0.1, -0.05) is 48.5 Å². The van der Waals surface area contributed by atoms with Crippen molar-refractivity contribution in [1.29, 1.82) is 0 Å². The van der Waals surface area contributed by atoms with Gasteiger partial charge in [-0.15, -0.1) is 3.89 Å². The molecule has 7 nitrogen and oxygen atoms in total. The standard InChI is InChI=1S/C22H16FNO6S/c23-31(28,29)20-10-9-13(21(25)26)11-19(20)24-22(27)30-12-18-16-7-3-1-5-14(16)15-6-2-4-8-17(15)18/h1-11,18H,12H2,(H,24,27)(H,25,26). The Bertz CT molecular complexity index is 1260. The van der Waals surface area contributed by atoms with Crippen molar-refractivity contribution in [3.8, 4) is 11.1 Å². The van der Waals surface area contributed by atoms with Crippen molar-refractivity contribution in [2.24, 2.45) is 0 Å². The highest BCUT2D eigenvalue weighted by Crippen LogP contribution is 2.44. The summed E-state index contributed by atoms with van der Waals surface area (Å²) in [6.07, 6.45) is -1.03. The molecule has 0 saturated heterocycles. The van der Waals surface area contributed by atoms with Gasteiger partial charge >= 0.3 is 22.3 Å². The first-order chi connectivity index (χ1) is 14.8. The Hall–Kier alpha value is -3.72. The van der Waals surface area contributed by atoms with Crippen molar-refractivity contribution in [1.82, 2.24) is 0 Å². The van der Waals surface area contributed by atoms with Crippen molar-refractivity contribution in [3.63, 3.8) is 0 Å². The fourth-order valence-corrected chi connectivity index (χ4v) is 4.32. The molecule has 3 aromatic carbocycles. The van der Waals surface area contributed by atoms with Gasteiger partial charge in [0.25, 0.3) is 0 Å². The molecule has 3 aromatic rings. The first-order valence-corrected chi connectivity index (χ1v) is 10.6. The molecule has 1 aliphatic rings. The van der Waals surface area contributed by atoms with Gasteiger partial charge in [-0.25, -0.2) is 9.59 Å². The van der Waals surface area contributed by atoms with Gasteiger partial charge in [0.1, 0.15) is 11.5 Å². The lowest BCUT2D eigenvalue weighted by atomic mass is 9.98. The number of carboxylic acids is 1. The number of rotatable bonds is 5. The van der Waals surface area contributed by atoms with Gasteiger partial charge in [0, 0.05) is 5.92 Å². The highest BCUT2D eigenvalue weighted by molar-refractivity contribution is 7.86. The number of ether oxygens (including phenoxy) is 1. The number of carbonyl (C=O) groups excluding carboxylic acids is 1. The first kappa shape index (κ1) is 20.5. The van der Waals surface area contributed by atoms with Crippen LogP contribution in [0.5, 0.6) is 0 Å². The van der Waals surface area contributed by atoms with Gasteiger partial charge in [-0.3, -0.25) is 5.32 Å². The lowest BCUT2D eigenvalue weighted by molar-refractivity contribution is 0.0696. The van der Waals surface area contributed by atoms with Crippen LogP contribution in [0, 0.1) is 0 Å². The van der Waals surface area contributed by atoms with Crippen LogP contribution in [0.25, 0.3) is 11.1 Å². The molecule has 1 amide bonds. The van der Waals surface area contributed by atoms with Crippen LogP contribution < -0.4 is 5.32 Å². The van der Waals surface area contributed by atoms with Crippen LogP contribution in [0.4, 0.5) is 14.4 Å². The maximum atomic E-state index is 13.6. The van der Waals surface area contributed by atoms with Gasteiger partial charge in [0.2, 0.25) is 0 Å². The average Bonchev–Trinajstić information content (AvgIpc) is 3.05. The molecule has 0 saturated carbocycles. The van der Waals surface area contributed by atoms with E-state index in [4.69, 9.17) is 9.84 Å². The van der Waals surface area contributed by atoms with Crippen LogP contribution in [0.3, 0.4) is 0 Å². The molecule has 0 spiro atoms. The molecule has 0 atom stereocenters. The fraction of sp³-hybridized carbons (Fsp3) is 0.0909. The highest BCUT2D eigenvalue weighted by atomic mass is 32.3. The molecule has 2 N–H and O–H groups in total. The zero-order valence-corrected chi connectivity index (χ0v) is 16.7. The zero-order valence-electron chi connectivity index (χ0n) is 15.9. The average molecular weight is 441 g/mol.